The summed E-state index contributed by atoms with van der Waals surface area (Å²) >= 11 is 5.88. The van der Waals surface area contributed by atoms with E-state index in [1.807, 2.05) is 12.1 Å². The third-order valence-corrected chi connectivity index (χ3v) is 3.74. The molecule has 0 unspecified atom stereocenters. The van der Waals surface area contributed by atoms with Crippen molar-refractivity contribution >= 4 is 11.6 Å². The van der Waals surface area contributed by atoms with E-state index in [1.54, 1.807) is 6.07 Å². The number of halogens is 1. The van der Waals surface area contributed by atoms with E-state index in [0.29, 0.717) is 17.0 Å². The zero-order valence-electron chi connectivity index (χ0n) is 8.49. The Morgan fingerprint density at radius 2 is 1.80 bits per heavy atom. The maximum absolute atomic E-state index is 10.8. The second-order valence-corrected chi connectivity index (χ2v) is 5.11. The van der Waals surface area contributed by atoms with Crippen LogP contribution in [-0.2, 0) is 5.60 Å². The molecule has 2 saturated carbocycles. The van der Waals surface area contributed by atoms with E-state index in [4.69, 9.17) is 11.6 Å². The van der Waals surface area contributed by atoms with Crippen LogP contribution >= 0.6 is 11.6 Å². The topological polar surface area (TPSA) is 33.1 Å². The smallest absolute Gasteiger partial charge is 0.129 e. The number of hydrogen-bond acceptors (Lipinski definition) is 2. The third-order valence-electron chi connectivity index (χ3n) is 3.52. The Morgan fingerprint density at radius 3 is 2.27 bits per heavy atom. The van der Waals surface area contributed by atoms with Crippen molar-refractivity contribution in [2.24, 2.45) is 11.8 Å². The van der Waals surface area contributed by atoms with E-state index in [1.165, 1.54) is 0 Å². The van der Waals surface area contributed by atoms with Crippen molar-refractivity contribution in [1.29, 1.82) is 0 Å². The van der Waals surface area contributed by atoms with Gasteiger partial charge in [-0.05, 0) is 49.7 Å². The molecule has 80 valence electrons. The van der Waals surface area contributed by atoms with Crippen LogP contribution in [0, 0.1) is 11.8 Å². The summed E-state index contributed by atoms with van der Waals surface area (Å²) in [6.07, 6.45) is 4.50. The molecule has 0 saturated heterocycles. The molecule has 0 aliphatic heterocycles. The molecular formula is C12H14ClNO. The van der Waals surface area contributed by atoms with Crippen LogP contribution in [0.25, 0.3) is 0 Å². The van der Waals surface area contributed by atoms with Crippen molar-refractivity contribution in [3.8, 4) is 0 Å². The number of rotatable bonds is 3. The molecule has 0 amide bonds. The Bertz CT molecular complexity index is 373. The standard InChI is InChI=1S/C12H14ClNO/c13-11-3-1-2-10(14-11)12(15,8-4-5-8)9-6-7-9/h1-3,8-9,15H,4-7H2. The first kappa shape index (κ1) is 9.61. The average molecular weight is 224 g/mol. The highest BCUT2D eigenvalue weighted by molar-refractivity contribution is 6.29. The molecule has 0 spiro atoms. The summed E-state index contributed by atoms with van der Waals surface area (Å²) in [5.41, 5.74) is 0.0882. The highest BCUT2D eigenvalue weighted by Crippen LogP contribution is 2.56. The number of aromatic nitrogens is 1. The lowest BCUT2D eigenvalue weighted by molar-refractivity contribution is -0.0143. The molecule has 3 rings (SSSR count). The van der Waals surface area contributed by atoms with Crippen LogP contribution in [0.2, 0.25) is 5.15 Å². The van der Waals surface area contributed by atoms with Gasteiger partial charge < -0.3 is 5.11 Å². The maximum Gasteiger partial charge on any atom is 0.129 e. The fraction of sp³-hybridized carbons (Fsp3) is 0.583. The van der Waals surface area contributed by atoms with Gasteiger partial charge in [-0.1, -0.05) is 17.7 Å². The Morgan fingerprint density at radius 1 is 1.20 bits per heavy atom. The molecule has 2 nitrogen and oxygen atoms in total. The molecule has 1 N–H and O–H groups in total. The minimum absolute atomic E-state index is 0.413. The summed E-state index contributed by atoms with van der Waals surface area (Å²) in [7, 11) is 0. The first-order chi connectivity index (χ1) is 7.21. The second kappa shape index (κ2) is 3.19. The summed E-state index contributed by atoms with van der Waals surface area (Å²) < 4.78 is 0. The molecular weight excluding hydrogens is 210 g/mol. The fourth-order valence-electron chi connectivity index (χ4n) is 2.43. The van der Waals surface area contributed by atoms with Gasteiger partial charge in [0, 0.05) is 0 Å². The van der Waals surface area contributed by atoms with Gasteiger partial charge in [0.25, 0.3) is 0 Å². The van der Waals surface area contributed by atoms with Crippen molar-refractivity contribution in [2.45, 2.75) is 31.3 Å². The van der Waals surface area contributed by atoms with Crippen LogP contribution in [0.5, 0.6) is 0 Å². The van der Waals surface area contributed by atoms with Gasteiger partial charge in [0.2, 0.25) is 0 Å². The van der Waals surface area contributed by atoms with Crippen LogP contribution in [0.3, 0.4) is 0 Å². The number of nitrogens with zero attached hydrogens (tertiary/aromatic N) is 1. The molecule has 15 heavy (non-hydrogen) atoms. The van der Waals surface area contributed by atoms with Crippen molar-refractivity contribution in [2.75, 3.05) is 0 Å². The SMILES string of the molecule is OC(c1cccc(Cl)n1)(C1CC1)C1CC1. The summed E-state index contributed by atoms with van der Waals surface area (Å²) in [4.78, 5) is 4.28. The van der Waals surface area contributed by atoms with Crippen LogP contribution in [-0.4, -0.2) is 10.1 Å². The van der Waals surface area contributed by atoms with Crippen molar-refractivity contribution in [3.05, 3.63) is 29.0 Å². The van der Waals surface area contributed by atoms with Gasteiger partial charge >= 0.3 is 0 Å². The highest BCUT2D eigenvalue weighted by atomic mass is 35.5. The molecule has 0 radical (unpaired) electrons. The second-order valence-electron chi connectivity index (χ2n) is 4.72. The van der Waals surface area contributed by atoms with Crippen LogP contribution in [0.4, 0.5) is 0 Å². The third kappa shape index (κ3) is 1.56. The summed E-state index contributed by atoms with van der Waals surface area (Å²) in [6.45, 7) is 0. The van der Waals surface area contributed by atoms with Crippen molar-refractivity contribution in [3.63, 3.8) is 0 Å². The Hall–Kier alpha value is -0.600. The summed E-state index contributed by atoms with van der Waals surface area (Å²) in [5, 5.41) is 11.2. The van der Waals surface area contributed by atoms with Gasteiger partial charge in [-0.15, -0.1) is 0 Å². The summed E-state index contributed by atoms with van der Waals surface area (Å²) in [5.74, 6) is 0.826. The van der Waals surface area contributed by atoms with Gasteiger partial charge in [-0.2, -0.15) is 0 Å². The molecule has 1 heterocycles. The monoisotopic (exact) mass is 223 g/mol. The zero-order valence-corrected chi connectivity index (χ0v) is 9.24. The predicted octanol–water partition coefficient (Wildman–Crippen LogP) is 2.74. The summed E-state index contributed by atoms with van der Waals surface area (Å²) in [6, 6.07) is 5.54. The fourth-order valence-corrected chi connectivity index (χ4v) is 2.59. The lowest BCUT2D eigenvalue weighted by Crippen LogP contribution is -2.32. The first-order valence-electron chi connectivity index (χ1n) is 5.56. The largest absolute Gasteiger partial charge is 0.383 e. The van der Waals surface area contributed by atoms with Crippen LogP contribution < -0.4 is 0 Å². The quantitative estimate of drug-likeness (QED) is 0.800. The van der Waals surface area contributed by atoms with E-state index in [9.17, 15) is 5.11 Å². The minimum atomic E-state index is -0.690. The van der Waals surface area contributed by atoms with Crippen molar-refractivity contribution in [1.82, 2.24) is 4.98 Å². The van der Waals surface area contributed by atoms with E-state index < -0.39 is 5.60 Å². The Labute approximate surface area is 94.3 Å². The van der Waals surface area contributed by atoms with Gasteiger partial charge in [0.15, 0.2) is 0 Å². The number of aliphatic hydroxyl groups is 1. The molecule has 0 aromatic carbocycles. The van der Waals surface area contributed by atoms with Crippen LogP contribution in [0.1, 0.15) is 31.4 Å². The van der Waals surface area contributed by atoms with E-state index in [-0.39, 0.29) is 0 Å². The maximum atomic E-state index is 10.8. The molecule has 0 bridgehead atoms. The zero-order chi connectivity index (χ0) is 10.5. The lowest BCUT2D eigenvalue weighted by Gasteiger charge is -2.27. The lowest BCUT2D eigenvalue weighted by atomic mass is 9.88. The van der Waals surface area contributed by atoms with Gasteiger partial charge in [0.05, 0.1) is 5.69 Å². The van der Waals surface area contributed by atoms with E-state index >= 15 is 0 Å². The molecule has 2 aliphatic carbocycles. The molecule has 2 fully saturated rings. The van der Waals surface area contributed by atoms with E-state index in [0.717, 1.165) is 31.4 Å². The Kier molecular flexibility index (Phi) is 2.05. The molecule has 1 aromatic rings. The molecule has 3 heteroatoms. The van der Waals surface area contributed by atoms with Gasteiger partial charge in [-0.25, -0.2) is 4.98 Å². The van der Waals surface area contributed by atoms with Crippen LogP contribution in [0.15, 0.2) is 18.2 Å². The number of hydrogen-bond donors (Lipinski definition) is 1. The average Bonchev–Trinajstić information content (AvgIpc) is 3.04. The first-order valence-corrected chi connectivity index (χ1v) is 5.94. The predicted molar refractivity (Wildman–Crippen MR) is 58.6 cm³/mol. The van der Waals surface area contributed by atoms with E-state index in [2.05, 4.69) is 4.98 Å². The van der Waals surface area contributed by atoms with Gasteiger partial charge in [0.1, 0.15) is 10.8 Å². The Balaban J connectivity index is 2.00. The molecule has 0 atom stereocenters. The number of pyridine rings is 1. The molecule has 1 aromatic heterocycles. The van der Waals surface area contributed by atoms with Crippen molar-refractivity contribution < 1.29 is 5.11 Å². The minimum Gasteiger partial charge on any atom is -0.383 e. The normalized spacial score (nSPS) is 21.7. The van der Waals surface area contributed by atoms with Gasteiger partial charge in [-0.3, -0.25) is 0 Å². The molecule has 2 aliphatic rings. The highest BCUT2D eigenvalue weighted by Gasteiger charge is 2.55.